The summed E-state index contributed by atoms with van der Waals surface area (Å²) in [4.78, 5) is 16.1. The zero-order valence-corrected chi connectivity index (χ0v) is 18.6. The third-order valence-corrected chi connectivity index (χ3v) is 6.92. The first-order valence-corrected chi connectivity index (χ1v) is 11.7. The van der Waals surface area contributed by atoms with Gasteiger partial charge in [-0.2, -0.15) is 5.26 Å². The number of carbonyl (C=O) groups excluding carboxylic acids is 1. The normalized spacial score (nSPS) is 14.3. The van der Waals surface area contributed by atoms with Crippen LogP contribution < -0.4 is 4.90 Å². The van der Waals surface area contributed by atoms with Gasteiger partial charge in [0.05, 0.1) is 22.6 Å². The molecule has 2 heterocycles. The van der Waals surface area contributed by atoms with Crippen molar-refractivity contribution in [3.63, 3.8) is 0 Å². The van der Waals surface area contributed by atoms with Gasteiger partial charge < -0.3 is 4.90 Å². The van der Waals surface area contributed by atoms with Gasteiger partial charge in [-0.15, -0.1) is 21.5 Å². The molecule has 1 aromatic carbocycles. The average Bonchev–Trinajstić information content (AvgIpc) is 3.27. The van der Waals surface area contributed by atoms with Crippen molar-refractivity contribution in [1.29, 1.82) is 5.26 Å². The summed E-state index contributed by atoms with van der Waals surface area (Å²) in [6, 6.07) is 14.5. The fourth-order valence-electron chi connectivity index (χ4n) is 3.27. The van der Waals surface area contributed by atoms with E-state index < -0.39 is 0 Å². The monoisotopic (exact) mass is 437 g/mol. The van der Waals surface area contributed by atoms with Crippen LogP contribution in [0.1, 0.15) is 37.8 Å². The number of rotatable bonds is 8. The van der Waals surface area contributed by atoms with Crippen LogP contribution in [0.25, 0.3) is 10.7 Å². The van der Waals surface area contributed by atoms with Gasteiger partial charge in [-0.1, -0.05) is 35.5 Å². The van der Waals surface area contributed by atoms with E-state index in [1.54, 1.807) is 16.2 Å². The van der Waals surface area contributed by atoms with E-state index in [1.807, 2.05) is 49.6 Å². The maximum Gasteiger partial charge on any atom is 0.240 e. The van der Waals surface area contributed by atoms with Gasteiger partial charge in [0.2, 0.25) is 5.91 Å². The van der Waals surface area contributed by atoms with Gasteiger partial charge in [0, 0.05) is 18.3 Å². The number of anilines is 1. The molecule has 0 saturated heterocycles. The van der Waals surface area contributed by atoms with Crippen LogP contribution in [-0.2, 0) is 4.79 Å². The molecule has 3 aromatic rings. The zero-order valence-electron chi connectivity index (χ0n) is 17.0. The molecule has 1 aliphatic rings. The SMILES string of the molecule is Cc1ccc(N(CCC#N)C(=O)C(C)Sc2nnc(-c3cccs3)n2C2CC2)cc1. The number of aromatic nitrogens is 3. The summed E-state index contributed by atoms with van der Waals surface area (Å²) in [7, 11) is 0. The molecule has 1 fully saturated rings. The first-order chi connectivity index (χ1) is 14.6. The maximum atomic E-state index is 13.3. The molecule has 0 N–H and O–H groups in total. The Morgan fingerprint density at radius 1 is 1.33 bits per heavy atom. The van der Waals surface area contributed by atoms with Crippen LogP contribution in [0.2, 0.25) is 0 Å². The molecular weight excluding hydrogens is 414 g/mol. The summed E-state index contributed by atoms with van der Waals surface area (Å²) in [5, 5.41) is 20.4. The molecule has 1 amide bonds. The summed E-state index contributed by atoms with van der Waals surface area (Å²) >= 11 is 3.09. The highest BCUT2D eigenvalue weighted by Gasteiger charge is 2.32. The second-order valence-corrected chi connectivity index (χ2v) is 9.63. The number of amides is 1. The van der Waals surface area contributed by atoms with Gasteiger partial charge in [0.25, 0.3) is 0 Å². The number of thioether (sulfide) groups is 1. The van der Waals surface area contributed by atoms with E-state index in [1.165, 1.54) is 11.8 Å². The van der Waals surface area contributed by atoms with Crippen molar-refractivity contribution in [1.82, 2.24) is 14.8 Å². The molecule has 1 unspecified atom stereocenters. The number of hydrogen-bond acceptors (Lipinski definition) is 6. The zero-order chi connectivity index (χ0) is 21.1. The number of benzene rings is 1. The number of hydrogen-bond donors (Lipinski definition) is 0. The van der Waals surface area contributed by atoms with Crippen molar-refractivity contribution >= 4 is 34.7 Å². The Kier molecular flexibility index (Phi) is 6.21. The van der Waals surface area contributed by atoms with Crippen LogP contribution in [-0.4, -0.2) is 32.5 Å². The average molecular weight is 438 g/mol. The lowest BCUT2D eigenvalue weighted by Gasteiger charge is -2.25. The Morgan fingerprint density at radius 3 is 2.73 bits per heavy atom. The maximum absolute atomic E-state index is 13.3. The van der Waals surface area contributed by atoms with Crippen LogP contribution in [0.5, 0.6) is 0 Å². The Balaban J connectivity index is 1.56. The predicted octanol–water partition coefficient (Wildman–Crippen LogP) is 5.08. The highest BCUT2D eigenvalue weighted by molar-refractivity contribution is 8.00. The summed E-state index contributed by atoms with van der Waals surface area (Å²) in [5.41, 5.74) is 1.95. The standard InChI is InChI=1S/C22H23N5OS2/c1-15-6-8-17(9-7-15)26(13-4-12-23)21(28)16(2)30-22-25-24-20(19-5-3-14-29-19)27(22)18-10-11-18/h3,5-9,14,16,18H,4,10-11,13H2,1-2H3. The molecule has 1 atom stereocenters. The molecular formula is C22H23N5OS2. The third-order valence-electron chi connectivity index (χ3n) is 5.01. The molecule has 1 saturated carbocycles. The second-order valence-electron chi connectivity index (χ2n) is 7.38. The highest BCUT2D eigenvalue weighted by Crippen LogP contribution is 2.42. The summed E-state index contributed by atoms with van der Waals surface area (Å²) < 4.78 is 2.19. The lowest BCUT2D eigenvalue weighted by atomic mass is 10.2. The van der Waals surface area contributed by atoms with E-state index in [-0.39, 0.29) is 17.6 Å². The van der Waals surface area contributed by atoms with Crippen molar-refractivity contribution in [2.45, 2.75) is 49.6 Å². The molecule has 154 valence electrons. The molecule has 1 aliphatic carbocycles. The van der Waals surface area contributed by atoms with Crippen LogP contribution >= 0.6 is 23.1 Å². The number of nitriles is 1. The van der Waals surface area contributed by atoms with Crippen LogP contribution in [0.3, 0.4) is 0 Å². The fourth-order valence-corrected chi connectivity index (χ4v) is 4.96. The van der Waals surface area contributed by atoms with Crippen molar-refractivity contribution in [3.8, 4) is 16.8 Å². The molecule has 0 radical (unpaired) electrons. The molecule has 4 rings (SSSR count). The van der Waals surface area contributed by atoms with E-state index in [9.17, 15) is 4.79 Å². The Bertz CT molecular complexity index is 1050. The van der Waals surface area contributed by atoms with Crippen molar-refractivity contribution in [3.05, 3.63) is 47.3 Å². The number of carbonyl (C=O) groups is 1. The summed E-state index contributed by atoms with van der Waals surface area (Å²) in [6.07, 6.45) is 2.52. The van der Waals surface area contributed by atoms with Gasteiger partial charge in [-0.25, -0.2) is 0 Å². The molecule has 6 nitrogen and oxygen atoms in total. The van der Waals surface area contributed by atoms with Gasteiger partial charge in [-0.3, -0.25) is 9.36 Å². The molecule has 2 aromatic heterocycles. The summed E-state index contributed by atoms with van der Waals surface area (Å²) in [6.45, 7) is 4.29. The molecule has 0 spiro atoms. The van der Waals surface area contributed by atoms with Crippen molar-refractivity contribution in [2.75, 3.05) is 11.4 Å². The molecule has 30 heavy (non-hydrogen) atoms. The highest BCUT2D eigenvalue weighted by atomic mass is 32.2. The van der Waals surface area contributed by atoms with Crippen molar-refractivity contribution < 1.29 is 4.79 Å². The van der Waals surface area contributed by atoms with Gasteiger partial charge >= 0.3 is 0 Å². The quantitative estimate of drug-likeness (QED) is 0.460. The number of thiophene rings is 1. The molecule has 0 aliphatic heterocycles. The topological polar surface area (TPSA) is 74.8 Å². The van der Waals surface area contributed by atoms with E-state index in [0.717, 1.165) is 40.0 Å². The minimum Gasteiger partial charge on any atom is -0.310 e. The van der Waals surface area contributed by atoms with Gasteiger partial charge in [0.1, 0.15) is 0 Å². The number of nitrogens with zero attached hydrogens (tertiary/aromatic N) is 5. The number of aryl methyl sites for hydroxylation is 1. The molecule has 8 heteroatoms. The van der Waals surface area contributed by atoms with E-state index in [4.69, 9.17) is 5.26 Å². The van der Waals surface area contributed by atoms with Gasteiger partial charge in [-0.05, 0) is 50.3 Å². The minimum atomic E-state index is -0.345. The van der Waals surface area contributed by atoms with Crippen LogP contribution in [0.15, 0.2) is 46.9 Å². The van der Waals surface area contributed by atoms with Crippen LogP contribution in [0.4, 0.5) is 5.69 Å². The largest absolute Gasteiger partial charge is 0.310 e. The van der Waals surface area contributed by atoms with E-state index >= 15 is 0 Å². The fraction of sp³-hybridized carbons (Fsp3) is 0.364. The minimum absolute atomic E-state index is 0.0258. The van der Waals surface area contributed by atoms with Crippen LogP contribution in [0, 0.1) is 18.3 Å². The predicted molar refractivity (Wildman–Crippen MR) is 121 cm³/mol. The van der Waals surface area contributed by atoms with E-state index in [0.29, 0.717) is 12.6 Å². The van der Waals surface area contributed by atoms with Gasteiger partial charge in [0.15, 0.2) is 11.0 Å². The summed E-state index contributed by atoms with van der Waals surface area (Å²) in [5.74, 6) is 0.858. The second kappa shape index (κ2) is 9.02. The van der Waals surface area contributed by atoms with Crippen molar-refractivity contribution in [2.24, 2.45) is 0 Å². The smallest absolute Gasteiger partial charge is 0.240 e. The Labute approximate surface area is 184 Å². The lowest BCUT2D eigenvalue weighted by molar-refractivity contribution is -0.117. The van der Waals surface area contributed by atoms with E-state index in [2.05, 4.69) is 26.9 Å². The Hall–Kier alpha value is -2.63. The first kappa shape index (κ1) is 20.6. The lowest BCUT2D eigenvalue weighted by Crippen LogP contribution is -2.37. The Morgan fingerprint density at radius 2 is 2.10 bits per heavy atom. The molecule has 0 bridgehead atoms. The first-order valence-electron chi connectivity index (χ1n) is 9.99. The third kappa shape index (κ3) is 4.42.